The number of rotatable bonds is 7. The summed E-state index contributed by atoms with van der Waals surface area (Å²) in [6, 6.07) is 0.361. The largest absolute Gasteiger partial charge is 0.353 e. The van der Waals surface area contributed by atoms with E-state index in [4.69, 9.17) is 0 Å². The third kappa shape index (κ3) is 6.57. The molecule has 1 saturated carbocycles. The number of hydrogen-bond acceptors (Lipinski definition) is 3. The van der Waals surface area contributed by atoms with Crippen LogP contribution in [0.2, 0.25) is 0 Å². The highest BCUT2D eigenvalue weighted by Gasteiger charge is 2.18. The molecule has 0 aliphatic heterocycles. The van der Waals surface area contributed by atoms with Gasteiger partial charge >= 0.3 is 0 Å². The number of nitrogens with one attached hydrogen (secondary N) is 1. The minimum Gasteiger partial charge on any atom is -0.353 e. The number of likely N-dealkylation sites (N-methyl/N-ethyl adjacent to an activating group) is 1. The zero-order valence-corrected chi connectivity index (χ0v) is 12.4. The maximum atomic E-state index is 11.8. The second-order valence-corrected chi connectivity index (χ2v) is 5.61. The van der Waals surface area contributed by atoms with Gasteiger partial charge in [-0.25, -0.2) is 0 Å². The van der Waals surface area contributed by atoms with Gasteiger partial charge in [-0.1, -0.05) is 12.8 Å². The number of carbonyl (C=O) groups excluding carboxylic acids is 2. The van der Waals surface area contributed by atoms with Gasteiger partial charge in [-0.15, -0.1) is 0 Å². The van der Waals surface area contributed by atoms with Crippen molar-refractivity contribution in [2.24, 2.45) is 0 Å². The Balaban J connectivity index is 2.25. The molecule has 1 aliphatic carbocycles. The van der Waals surface area contributed by atoms with E-state index in [9.17, 15) is 9.59 Å². The summed E-state index contributed by atoms with van der Waals surface area (Å²) in [5.74, 6) is 0.110. The highest BCUT2D eigenvalue weighted by Crippen LogP contribution is 2.17. The maximum Gasteiger partial charge on any atom is 0.221 e. The first kappa shape index (κ1) is 16.0. The normalized spacial score (nSPS) is 15.8. The molecule has 5 nitrogen and oxygen atoms in total. The van der Waals surface area contributed by atoms with E-state index in [0.717, 1.165) is 19.4 Å². The van der Waals surface area contributed by atoms with E-state index in [2.05, 4.69) is 5.32 Å². The molecule has 19 heavy (non-hydrogen) atoms. The molecule has 0 aromatic heterocycles. The van der Waals surface area contributed by atoms with Gasteiger partial charge in [0.05, 0.1) is 0 Å². The molecule has 1 fully saturated rings. The molecule has 110 valence electrons. The third-order valence-corrected chi connectivity index (χ3v) is 3.59. The van der Waals surface area contributed by atoms with Crippen molar-refractivity contribution >= 4 is 11.8 Å². The molecule has 5 heteroatoms. The Morgan fingerprint density at radius 1 is 1.11 bits per heavy atom. The molecule has 0 spiro atoms. The second kappa shape index (κ2) is 8.15. The summed E-state index contributed by atoms with van der Waals surface area (Å²) in [6.45, 7) is 3.58. The highest BCUT2D eigenvalue weighted by molar-refractivity contribution is 5.78. The van der Waals surface area contributed by atoms with Crippen molar-refractivity contribution in [2.75, 3.05) is 33.7 Å². The average molecular weight is 269 g/mol. The van der Waals surface area contributed by atoms with Gasteiger partial charge in [0.1, 0.15) is 0 Å². The summed E-state index contributed by atoms with van der Waals surface area (Å²) < 4.78 is 0. The predicted molar refractivity (Wildman–Crippen MR) is 75.8 cm³/mol. The summed E-state index contributed by atoms with van der Waals surface area (Å²) in [7, 11) is 3.95. The fourth-order valence-corrected chi connectivity index (χ4v) is 2.35. The van der Waals surface area contributed by atoms with Crippen LogP contribution in [0.1, 0.15) is 39.0 Å². The molecular formula is C14H27N3O2. The minimum absolute atomic E-state index is 0.0375. The molecule has 0 bridgehead atoms. The Hall–Kier alpha value is -1.10. The minimum atomic E-state index is 0.0375. The summed E-state index contributed by atoms with van der Waals surface area (Å²) in [6.07, 6.45) is 5.04. The summed E-state index contributed by atoms with van der Waals surface area (Å²) in [5, 5.41) is 3.05. The van der Waals surface area contributed by atoms with Gasteiger partial charge < -0.3 is 15.1 Å². The van der Waals surface area contributed by atoms with E-state index < -0.39 is 0 Å². The lowest BCUT2D eigenvalue weighted by atomic mass is 10.2. The van der Waals surface area contributed by atoms with Gasteiger partial charge in [0, 0.05) is 39.0 Å². The molecule has 0 atom stereocenters. The van der Waals surface area contributed by atoms with Crippen molar-refractivity contribution in [3.8, 4) is 0 Å². The number of amides is 2. The van der Waals surface area contributed by atoms with Crippen molar-refractivity contribution in [3.05, 3.63) is 0 Å². The molecule has 1 N–H and O–H groups in total. The molecule has 0 unspecified atom stereocenters. The van der Waals surface area contributed by atoms with E-state index in [-0.39, 0.29) is 11.8 Å². The molecule has 0 heterocycles. The van der Waals surface area contributed by atoms with Crippen molar-refractivity contribution in [2.45, 2.75) is 45.1 Å². The van der Waals surface area contributed by atoms with Crippen molar-refractivity contribution in [1.29, 1.82) is 0 Å². The van der Waals surface area contributed by atoms with Crippen LogP contribution in [0.3, 0.4) is 0 Å². The average Bonchev–Trinajstić information content (AvgIpc) is 2.80. The predicted octanol–water partition coefficient (Wildman–Crippen LogP) is 0.845. The number of carbonyl (C=O) groups is 2. The van der Waals surface area contributed by atoms with Crippen LogP contribution in [0.4, 0.5) is 0 Å². The Labute approximate surface area is 116 Å². The molecule has 0 radical (unpaired) electrons. The quantitative estimate of drug-likeness (QED) is 0.745. The van der Waals surface area contributed by atoms with Crippen LogP contribution in [0.5, 0.6) is 0 Å². The van der Waals surface area contributed by atoms with Crippen LogP contribution in [-0.2, 0) is 9.59 Å². The maximum absolute atomic E-state index is 11.8. The van der Waals surface area contributed by atoms with Gasteiger partial charge in [-0.2, -0.15) is 0 Å². The molecule has 2 amide bonds. The number of nitrogens with zero attached hydrogens (tertiary/aromatic N) is 2. The summed E-state index contributed by atoms with van der Waals surface area (Å²) in [5.41, 5.74) is 0. The fraction of sp³-hybridized carbons (Fsp3) is 0.857. The van der Waals surface area contributed by atoms with Crippen molar-refractivity contribution < 1.29 is 9.59 Å². The standard InChI is InChI=1S/C14H27N3O2/c1-12(18)17(11-10-16(2)3)9-8-14(19)15-13-6-4-5-7-13/h13H,4-11H2,1-3H3,(H,15,19). The topological polar surface area (TPSA) is 52.7 Å². The van der Waals surface area contributed by atoms with E-state index in [0.29, 0.717) is 25.6 Å². The Kier molecular flexibility index (Phi) is 6.84. The van der Waals surface area contributed by atoms with E-state index in [1.165, 1.54) is 12.8 Å². The second-order valence-electron chi connectivity index (χ2n) is 5.61. The summed E-state index contributed by atoms with van der Waals surface area (Å²) >= 11 is 0. The van der Waals surface area contributed by atoms with Gasteiger partial charge in [0.15, 0.2) is 0 Å². The first-order valence-corrected chi connectivity index (χ1v) is 7.18. The van der Waals surface area contributed by atoms with Gasteiger partial charge in [0.2, 0.25) is 11.8 Å². The Morgan fingerprint density at radius 2 is 1.74 bits per heavy atom. The Bertz CT molecular complexity index is 299. The number of hydrogen-bond donors (Lipinski definition) is 1. The first-order chi connectivity index (χ1) is 8.99. The van der Waals surface area contributed by atoms with E-state index in [1.807, 2.05) is 19.0 Å². The summed E-state index contributed by atoms with van der Waals surface area (Å²) in [4.78, 5) is 27.1. The highest BCUT2D eigenvalue weighted by atomic mass is 16.2. The molecule has 1 aliphatic rings. The van der Waals surface area contributed by atoms with E-state index >= 15 is 0 Å². The SMILES string of the molecule is CC(=O)N(CCC(=O)NC1CCCC1)CCN(C)C. The van der Waals surface area contributed by atoms with Gasteiger partial charge in [-0.3, -0.25) is 9.59 Å². The smallest absolute Gasteiger partial charge is 0.221 e. The third-order valence-electron chi connectivity index (χ3n) is 3.59. The lowest BCUT2D eigenvalue weighted by Gasteiger charge is -2.23. The first-order valence-electron chi connectivity index (χ1n) is 7.18. The van der Waals surface area contributed by atoms with Crippen LogP contribution < -0.4 is 5.32 Å². The van der Waals surface area contributed by atoms with Gasteiger partial charge in [0.25, 0.3) is 0 Å². The van der Waals surface area contributed by atoms with Crippen LogP contribution in [0.25, 0.3) is 0 Å². The van der Waals surface area contributed by atoms with Crippen LogP contribution in [0, 0.1) is 0 Å². The van der Waals surface area contributed by atoms with E-state index in [1.54, 1.807) is 11.8 Å². The fourth-order valence-electron chi connectivity index (χ4n) is 2.35. The van der Waals surface area contributed by atoms with Gasteiger partial charge in [-0.05, 0) is 26.9 Å². The zero-order chi connectivity index (χ0) is 14.3. The lowest BCUT2D eigenvalue weighted by molar-refractivity contribution is -0.130. The molecule has 0 aromatic carbocycles. The van der Waals surface area contributed by atoms with Crippen LogP contribution in [0.15, 0.2) is 0 Å². The molecule has 0 saturated heterocycles. The van der Waals surface area contributed by atoms with Crippen LogP contribution >= 0.6 is 0 Å². The van der Waals surface area contributed by atoms with Crippen molar-refractivity contribution in [3.63, 3.8) is 0 Å². The molecular weight excluding hydrogens is 242 g/mol. The van der Waals surface area contributed by atoms with Crippen LogP contribution in [-0.4, -0.2) is 61.4 Å². The lowest BCUT2D eigenvalue weighted by Crippen LogP contribution is -2.39. The molecule has 0 aromatic rings. The monoisotopic (exact) mass is 269 g/mol. The molecule has 1 rings (SSSR count). The zero-order valence-electron chi connectivity index (χ0n) is 12.4. The Morgan fingerprint density at radius 3 is 2.26 bits per heavy atom. The van der Waals surface area contributed by atoms with Crippen molar-refractivity contribution in [1.82, 2.24) is 15.1 Å².